The number of nitrogens with zero attached hydrogens (tertiary/aromatic N) is 1. The SMILES string of the molecule is CN=C(NCc1ccc(C(N)=O)cc1)NC1CCCCC1.I. The van der Waals surface area contributed by atoms with Gasteiger partial charge in [0.25, 0.3) is 0 Å². The third-order valence-electron chi connectivity index (χ3n) is 3.87. The highest BCUT2D eigenvalue weighted by molar-refractivity contribution is 14.0. The van der Waals surface area contributed by atoms with Gasteiger partial charge in [-0.3, -0.25) is 9.79 Å². The molecule has 1 aromatic carbocycles. The first kappa shape index (κ1) is 18.7. The van der Waals surface area contributed by atoms with Gasteiger partial charge in [-0.25, -0.2) is 0 Å². The zero-order chi connectivity index (χ0) is 15.1. The number of primary amides is 1. The van der Waals surface area contributed by atoms with Crippen LogP contribution in [0.5, 0.6) is 0 Å². The van der Waals surface area contributed by atoms with Gasteiger partial charge >= 0.3 is 0 Å². The Morgan fingerprint density at radius 1 is 1.23 bits per heavy atom. The third-order valence-corrected chi connectivity index (χ3v) is 3.87. The first-order valence-electron chi connectivity index (χ1n) is 7.55. The Kier molecular flexibility index (Phi) is 8.22. The van der Waals surface area contributed by atoms with E-state index in [1.165, 1.54) is 32.1 Å². The Morgan fingerprint density at radius 2 is 1.86 bits per heavy atom. The molecular weight excluding hydrogens is 391 g/mol. The van der Waals surface area contributed by atoms with E-state index in [9.17, 15) is 4.79 Å². The Balaban J connectivity index is 0.00000242. The van der Waals surface area contributed by atoms with Crippen LogP contribution in [-0.4, -0.2) is 25.0 Å². The van der Waals surface area contributed by atoms with Gasteiger partial charge in [0.05, 0.1) is 0 Å². The topological polar surface area (TPSA) is 79.5 Å². The van der Waals surface area contributed by atoms with E-state index >= 15 is 0 Å². The molecule has 1 aromatic rings. The maximum atomic E-state index is 11.0. The monoisotopic (exact) mass is 416 g/mol. The quantitative estimate of drug-likeness (QED) is 0.401. The van der Waals surface area contributed by atoms with Crippen molar-refractivity contribution in [3.8, 4) is 0 Å². The summed E-state index contributed by atoms with van der Waals surface area (Å²) in [5.74, 6) is 0.435. The van der Waals surface area contributed by atoms with Gasteiger partial charge < -0.3 is 16.4 Å². The maximum Gasteiger partial charge on any atom is 0.248 e. The van der Waals surface area contributed by atoms with Crippen molar-refractivity contribution in [2.45, 2.75) is 44.7 Å². The summed E-state index contributed by atoms with van der Waals surface area (Å²) in [4.78, 5) is 15.3. The molecule has 1 saturated carbocycles. The molecular formula is C16H25IN4O. The summed E-state index contributed by atoms with van der Waals surface area (Å²) in [7, 11) is 1.79. The Hall–Kier alpha value is -1.31. The van der Waals surface area contributed by atoms with Crippen molar-refractivity contribution in [1.82, 2.24) is 10.6 Å². The molecule has 0 aliphatic heterocycles. The molecule has 0 saturated heterocycles. The maximum absolute atomic E-state index is 11.0. The minimum absolute atomic E-state index is 0. The number of halogens is 1. The summed E-state index contributed by atoms with van der Waals surface area (Å²) >= 11 is 0. The predicted octanol–water partition coefficient (Wildman–Crippen LogP) is 2.40. The van der Waals surface area contributed by atoms with Crippen molar-refractivity contribution in [1.29, 1.82) is 0 Å². The summed E-state index contributed by atoms with van der Waals surface area (Å²) < 4.78 is 0. The molecule has 0 unspecified atom stereocenters. The summed E-state index contributed by atoms with van der Waals surface area (Å²) in [5.41, 5.74) is 6.85. The van der Waals surface area contributed by atoms with E-state index < -0.39 is 5.91 Å². The average Bonchev–Trinajstić information content (AvgIpc) is 2.52. The molecule has 0 aromatic heterocycles. The van der Waals surface area contributed by atoms with Crippen LogP contribution in [0.4, 0.5) is 0 Å². The molecule has 0 spiro atoms. The van der Waals surface area contributed by atoms with Crippen molar-refractivity contribution < 1.29 is 4.79 Å². The highest BCUT2D eigenvalue weighted by atomic mass is 127. The number of rotatable bonds is 4. The fraction of sp³-hybridized carbons (Fsp3) is 0.500. The zero-order valence-corrected chi connectivity index (χ0v) is 15.3. The second-order valence-corrected chi connectivity index (χ2v) is 5.47. The van der Waals surface area contributed by atoms with Gasteiger partial charge in [-0.2, -0.15) is 0 Å². The summed E-state index contributed by atoms with van der Waals surface area (Å²) in [6.07, 6.45) is 6.37. The summed E-state index contributed by atoms with van der Waals surface area (Å²) in [6.45, 7) is 0.672. The minimum Gasteiger partial charge on any atom is -0.366 e. The molecule has 4 N–H and O–H groups in total. The minimum atomic E-state index is -0.399. The van der Waals surface area contributed by atoms with Crippen molar-refractivity contribution in [3.05, 3.63) is 35.4 Å². The van der Waals surface area contributed by atoms with Crippen molar-refractivity contribution in [2.24, 2.45) is 10.7 Å². The van der Waals surface area contributed by atoms with Crippen molar-refractivity contribution >= 4 is 35.8 Å². The van der Waals surface area contributed by atoms with Crippen LogP contribution in [0.1, 0.15) is 48.0 Å². The Morgan fingerprint density at radius 3 is 2.41 bits per heavy atom. The Labute approximate surface area is 149 Å². The lowest BCUT2D eigenvalue weighted by Gasteiger charge is -2.24. The molecule has 22 heavy (non-hydrogen) atoms. The normalized spacial score (nSPS) is 15.8. The van der Waals surface area contributed by atoms with E-state index in [4.69, 9.17) is 5.73 Å². The first-order valence-corrected chi connectivity index (χ1v) is 7.55. The third kappa shape index (κ3) is 5.82. The molecule has 0 radical (unpaired) electrons. The highest BCUT2D eigenvalue weighted by Crippen LogP contribution is 2.17. The smallest absolute Gasteiger partial charge is 0.248 e. The molecule has 1 aliphatic carbocycles. The van der Waals surface area contributed by atoms with Crippen LogP contribution in [-0.2, 0) is 6.54 Å². The number of guanidine groups is 1. The number of nitrogens with one attached hydrogen (secondary N) is 2. The van der Waals surface area contributed by atoms with Gasteiger partial charge in [0.1, 0.15) is 0 Å². The van der Waals surface area contributed by atoms with Crippen molar-refractivity contribution in [3.63, 3.8) is 0 Å². The van der Waals surface area contributed by atoms with E-state index in [-0.39, 0.29) is 24.0 Å². The highest BCUT2D eigenvalue weighted by Gasteiger charge is 2.14. The van der Waals surface area contributed by atoms with Crippen LogP contribution < -0.4 is 16.4 Å². The van der Waals surface area contributed by atoms with Gasteiger partial charge in [0.15, 0.2) is 5.96 Å². The van der Waals surface area contributed by atoms with Crippen LogP contribution in [0.15, 0.2) is 29.3 Å². The first-order chi connectivity index (χ1) is 10.2. The zero-order valence-electron chi connectivity index (χ0n) is 13.0. The van der Waals surface area contributed by atoms with Gasteiger partial charge in [-0.05, 0) is 30.5 Å². The number of nitrogens with two attached hydrogens (primary N) is 1. The second-order valence-electron chi connectivity index (χ2n) is 5.47. The molecule has 0 heterocycles. The van der Waals surface area contributed by atoms with Gasteiger partial charge in [0, 0.05) is 25.2 Å². The standard InChI is InChI=1S/C16H24N4O.HI/c1-18-16(20-14-5-3-2-4-6-14)19-11-12-7-9-13(10-8-12)15(17)21;/h7-10,14H,2-6,11H2,1H3,(H2,17,21)(H2,18,19,20);1H. The molecule has 2 rings (SSSR count). The molecule has 6 heteroatoms. The van der Waals surface area contributed by atoms with Crippen LogP contribution in [0.2, 0.25) is 0 Å². The van der Waals surface area contributed by atoms with E-state index in [2.05, 4.69) is 15.6 Å². The summed E-state index contributed by atoms with van der Waals surface area (Å²) in [5, 5.41) is 6.77. The van der Waals surface area contributed by atoms with Crippen LogP contribution in [0.25, 0.3) is 0 Å². The van der Waals surface area contributed by atoms with E-state index in [0.29, 0.717) is 18.2 Å². The Bertz CT molecular complexity index is 495. The fourth-order valence-corrected chi connectivity index (χ4v) is 2.61. The van der Waals surface area contributed by atoms with Gasteiger partial charge in [-0.15, -0.1) is 24.0 Å². The lowest BCUT2D eigenvalue weighted by atomic mass is 9.96. The number of amides is 1. The van der Waals surface area contributed by atoms with E-state index in [1.807, 2.05) is 12.1 Å². The molecule has 1 aliphatic rings. The fourth-order valence-electron chi connectivity index (χ4n) is 2.61. The lowest BCUT2D eigenvalue weighted by molar-refractivity contribution is 0.100. The number of hydrogen-bond acceptors (Lipinski definition) is 2. The molecule has 5 nitrogen and oxygen atoms in total. The molecule has 1 fully saturated rings. The molecule has 0 bridgehead atoms. The van der Waals surface area contributed by atoms with Crippen LogP contribution >= 0.6 is 24.0 Å². The number of carbonyl (C=O) groups is 1. The molecule has 0 atom stereocenters. The number of aliphatic imine (C=N–C) groups is 1. The van der Waals surface area contributed by atoms with E-state index in [0.717, 1.165) is 11.5 Å². The largest absolute Gasteiger partial charge is 0.366 e. The van der Waals surface area contributed by atoms with Crippen molar-refractivity contribution in [2.75, 3.05) is 7.05 Å². The average molecular weight is 416 g/mol. The van der Waals surface area contributed by atoms with Gasteiger partial charge in [0.2, 0.25) is 5.91 Å². The van der Waals surface area contributed by atoms with Gasteiger partial charge in [-0.1, -0.05) is 31.4 Å². The summed E-state index contributed by atoms with van der Waals surface area (Å²) in [6, 6.07) is 7.83. The lowest BCUT2D eigenvalue weighted by Crippen LogP contribution is -2.43. The second kappa shape index (κ2) is 9.66. The molecule has 122 valence electrons. The predicted molar refractivity (Wildman–Crippen MR) is 101 cm³/mol. The van der Waals surface area contributed by atoms with Crippen LogP contribution in [0.3, 0.4) is 0 Å². The number of benzene rings is 1. The van der Waals surface area contributed by atoms with Crippen LogP contribution in [0, 0.1) is 0 Å². The number of hydrogen-bond donors (Lipinski definition) is 3. The number of carbonyl (C=O) groups excluding carboxylic acids is 1. The molecule has 1 amide bonds. The van der Waals surface area contributed by atoms with E-state index in [1.54, 1.807) is 19.2 Å².